The first kappa shape index (κ1) is 31.6. The van der Waals surface area contributed by atoms with Crippen molar-refractivity contribution < 1.29 is 18.8 Å². The summed E-state index contributed by atoms with van der Waals surface area (Å²) in [5.74, 6) is -0.525. The maximum absolute atomic E-state index is 14.3. The summed E-state index contributed by atoms with van der Waals surface area (Å²) >= 11 is 1.35. The summed E-state index contributed by atoms with van der Waals surface area (Å²) in [7, 11) is 0. The number of anilines is 1. The molecular weight excluding hydrogens is 651 g/mol. The van der Waals surface area contributed by atoms with Gasteiger partial charge in [0.15, 0.2) is 11.0 Å². The molecule has 4 N–H and O–H groups in total. The fourth-order valence-corrected chi connectivity index (χ4v) is 7.05. The van der Waals surface area contributed by atoms with Gasteiger partial charge in [0.2, 0.25) is 11.8 Å². The van der Waals surface area contributed by atoms with Gasteiger partial charge in [0, 0.05) is 25.1 Å². The number of carbonyl (C=O) groups is 3. The quantitative estimate of drug-likeness (QED) is 0.195. The van der Waals surface area contributed by atoms with E-state index in [1.807, 2.05) is 48.5 Å². The van der Waals surface area contributed by atoms with E-state index < -0.39 is 24.1 Å². The van der Waals surface area contributed by atoms with Gasteiger partial charge in [0.1, 0.15) is 24.6 Å². The number of aromatic amines is 1. The summed E-state index contributed by atoms with van der Waals surface area (Å²) in [5.41, 5.74) is 9.69. The van der Waals surface area contributed by atoms with Crippen LogP contribution >= 0.6 is 11.3 Å². The second-order valence-electron chi connectivity index (χ2n) is 11.6. The molecule has 17 heteroatoms. The average molecular weight is 681 g/mol. The number of hydrogen-bond donors (Lipinski definition) is 3. The van der Waals surface area contributed by atoms with Crippen LogP contribution in [0, 0.1) is 17.1 Å². The Hall–Kier alpha value is -5.99. The molecule has 2 aromatic heterocycles. The molecule has 15 nitrogen and oxygen atoms in total. The van der Waals surface area contributed by atoms with Crippen molar-refractivity contribution in [1.82, 2.24) is 50.7 Å². The lowest BCUT2D eigenvalue weighted by molar-refractivity contribution is -0.157. The van der Waals surface area contributed by atoms with Gasteiger partial charge in [0.25, 0.3) is 0 Å². The Morgan fingerprint density at radius 2 is 1.90 bits per heavy atom. The minimum atomic E-state index is -0.903. The highest BCUT2D eigenvalue weighted by atomic mass is 32.1. The Labute approximate surface area is 282 Å². The lowest BCUT2D eigenvalue weighted by Gasteiger charge is -2.46. The van der Waals surface area contributed by atoms with Crippen molar-refractivity contribution in [3.63, 3.8) is 0 Å². The maximum atomic E-state index is 14.3. The summed E-state index contributed by atoms with van der Waals surface area (Å²) in [6.45, 7) is -0.230. The van der Waals surface area contributed by atoms with Crippen LogP contribution in [-0.2, 0) is 29.1 Å². The first-order valence-electron chi connectivity index (χ1n) is 15.3. The van der Waals surface area contributed by atoms with E-state index in [0.717, 1.165) is 21.4 Å². The number of tetrazole rings is 1. The Bertz CT molecular complexity index is 2050. The third kappa shape index (κ3) is 6.34. The predicted octanol–water partition coefficient (Wildman–Crippen LogP) is 2.27. The Balaban J connectivity index is 1.19. The van der Waals surface area contributed by atoms with E-state index in [4.69, 9.17) is 5.73 Å². The van der Waals surface area contributed by atoms with Gasteiger partial charge in [-0.15, -0.1) is 5.10 Å². The van der Waals surface area contributed by atoms with Crippen LogP contribution in [0.2, 0.25) is 0 Å². The van der Waals surface area contributed by atoms with E-state index >= 15 is 0 Å². The third-order valence-corrected chi connectivity index (χ3v) is 9.42. The molecule has 0 aliphatic carbocycles. The second-order valence-corrected chi connectivity index (χ2v) is 12.6. The molecular formula is C32H29FN12O3S. The highest BCUT2D eigenvalue weighted by molar-refractivity contribution is 7.22. The number of nitrogens with two attached hydrogens (primary N) is 1. The third-order valence-electron chi connectivity index (χ3n) is 8.57. The lowest BCUT2D eigenvalue weighted by atomic mass is 9.99. The van der Waals surface area contributed by atoms with E-state index in [1.165, 1.54) is 33.4 Å². The zero-order chi connectivity index (χ0) is 34.1. The molecule has 5 aromatic rings. The van der Waals surface area contributed by atoms with Crippen molar-refractivity contribution in [3.8, 4) is 17.5 Å². The monoisotopic (exact) mass is 680 g/mol. The van der Waals surface area contributed by atoms with E-state index in [-0.39, 0.29) is 51.0 Å². The number of nitrogen functional groups attached to an aromatic ring is 1. The molecule has 4 amide bonds. The zero-order valence-corrected chi connectivity index (χ0v) is 26.7. The van der Waals surface area contributed by atoms with Crippen molar-refractivity contribution in [2.75, 3.05) is 25.4 Å². The molecule has 49 heavy (non-hydrogen) atoms. The summed E-state index contributed by atoms with van der Waals surface area (Å²) in [5, 5.41) is 29.5. The van der Waals surface area contributed by atoms with Crippen molar-refractivity contribution in [3.05, 3.63) is 89.2 Å². The van der Waals surface area contributed by atoms with E-state index in [2.05, 4.69) is 30.9 Å². The van der Waals surface area contributed by atoms with E-state index in [9.17, 15) is 24.0 Å². The molecule has 7 rings (SSSR count). The van der Waals surface area contributed by atoms with Crippen molar-refractivity contribution >= 4 is 44.5 Å². The van der Waals surface area contributed by atoms with Crippen molar-refractivity contribution in [1.29, 1.82) is 5.26 Å². The number of carbonyl (C=O) groups excluding carboxylic acids is 3. The molecule has 2 aliphatic rings. The topological polar surface area (TPSA) is 193 Å². The number of halogens is 1. The van der Waals surface area contributed by atoms with Crippen molar-refractivity contribution in [2.24, 2.45) is 0 Å². The standard InChI is InChI=1S/C32H29FN12O3S/c33-23-10-6-20(7-11-23)15-36-32(48)43(13-12-34)44-18-27(46)45-24(14-19-4-8-21(9-5-19)29-38-40-41-39-29)30(47)42(17-26(44)45)16-22-2-1-3-25-28(22)37-31(35)49-25/h1-11,24,26H,13-18H2,(H2,35,37)(H,36,48)(H,38,39,40,41)/t24-,26+/m0/s1. The van der Waals surface area contributed by atoms with Crippen LogP contribution in [0.15, 0.2) is 66.7 Å². The second kappa shape index (κ2) is 13.3. The van der Waals surface area contributed by atoms with E-state index in [1.54, 1.807) is 22.0 Å². The molecule has 3 aromatic carbocycles. The van der Waals surface area contributed by atoms with Gasteiger partial charge in [0.05, 0.1) is 29.4 Å². The number of H-pyrrole nitrogens is 1. The molecule has 2 fully saturated rings. The molecule has 2 atom stereocenters. The van der Waals surface area contributed by atoms with Gasteiger partial charge in [-0.05, 0) is 45.3 Å². The van der Waals surface area contributed by atoms with Crippen LogP contribution in [0.5, 0.6) is 0 Å². The first-order chi connectivity index (χ1) is 23.8. The average Bonchev–Trinajstić information content (AvgIpc) is 3.85. The molecule has 0 unspecified atom stereocenters. The number of rotatable bonds is 9. The number of fused-ring (bicyclic) bond motifs is 2. The smallest absolute Gasteiger partial charge is 0.333 e. The van der Waals surface area contributed by atoms with Crippen LogP contribution < -0.4 is 11.1 Å². The number of piperazine rings is 1. The minimum absolute atomic E-state index is 0.0711. The molecule has 2 aliphatic heterocycles. The Kier molecular flexibility index (Phi) is 8.55. The number of urea groups is 1. The number of nitriles is 1. The van der Waals surface area contributed by atoms with Crippen LogP contribution in [0.4, 0.5) is 14.3 Å². The normalized spacial score (nSPS) is 17.7. The molecule has 0 saturated carbocycles. The largest absolute Gasteiger partial charge is 0.375 e. The number of aromatic nitrogens is 5. The van der Waals surface area contributed by atoms with Crippen LogP contribution in [-0.4, -0.2) is 95.1 Å². The zero-order valence-electron chi connectivity index (χ0n) is 25.9. The highest BCUT2D eigenvalue weighted by Gasteiger charge is 2.52. The summed E-state index contributed by atoms with van der Waals surface area (Å²) < 4.78 is 14.3. The number of nitrogens with zero attached hydrogens (tertiary/aromatic N) is 9. The molecule has 2 saturated heterocycles. The Morgan fingerprint density at radius 3 is 2.63 bits per heavy atom. The molecule has 0 spiro atoms. The van der Waals surface area contributed by atoms with Crippen LogP contribution in [0.1, 0.15) is 16.7 Å². The van der Waals surface area contributed by atoms with Gasteiger partial charge in [-0.25, -0.2) is 24.3 Å². The van der Waals surface area contributed by atoms with Gasteiger partial charge < -0.3 is 20.9 Å². The van der Waals surface area contributed by atoms with Crippen LogP contribution in [0.25, 0.3) is 21.6 Å². The molecule has 4 heterocycles. The first-order valence-corrected chi connectivity index (χ1v) is 16.1. The Morgan fingerprint density at radius 1 is 1.12 bits per heavy atom. The fourth-order valence-electron chi connectivity index (χ4n) is 6.27. The van der Waals surface area contributed by atoms with Gasteiger partial charge in [-0.1, -0.05) is 59.9 Å². The van der Waals surface area contributed by atoms with E-state index in [0.29, 0.717) is 22.0 Å². The minimum Gasteiger partial charge on any atom is -0.375 e. The molecule has 248 valence electrons. The van der Waals surface area contributed by atoms with Crippen LogP contribution in [0.3, 0.4) is 0 Å². The number of para-hydroxylation sites is 1. The van der Waals surface area contributed by atoms with Gasteiger partial charge >= 0.3 is 6.03 Å². The van der Waals surface area contributed by atoms with Gasteiger partial charge in [-0.2, -0.15) is 10.3 Å². The number of hydrogen-bond acceptors (Lipinski definition) is 11. The SMILES string of the molecule is N#CCN(C(=O)NCc1ccc(F)cc1)N1CC(=O)N2[C@@H](Cc3ccc(-c4nnn[nH]4)cc3)C(=O)N(Cc3cccc4sc(N)nc34)C[C@@H]21. The van der Waals surface area contributed by atoms with Crippen molar-refractivity contribution in [2.45, 2.75) is 31.7 Å². The fraction of sp³-hybridized carbons (Fsp3) is 0.250. The molecule has 0 bridgehead atoms. The van der Waals surface area contributed by atoms with Gasteiger partial charge in [-0.3, -0.25) is 9.59 Å². The number of thiazole rings is 1. The maximum Gasteiger partial charge on any atom is 0.333 e. The molecule has 0 radical (unpaired) electrons. The summed E-state index contributed by atoms with van der Waals surface area (Å²) in [4.78, 5) is 49.3. The predicted molar refractivity (Wildman–Crippen MR) is 175 cm³/mol. The summed E-state index contributed by atoms with van der Waals surface area (Å²) in [6.07, 6.45) is -0.553. The number of nitrogens with one attached hydrogen (secondary N) is 2. The lowest BCUT2D eigenvalue weighted by Crippen LogP contribution is -2.66. The number of hydrazine groups is 1. The number of benzene rings is 3. The summed E-state index contributed by atoms with van der Waals surface area (Å²) in [6, 6.07) is 19.2. The highest BCUT2D eigenvalue weighted by Crippen LogP contribution is 2.32. The number of amides is 4.